The van der Waals surface area contributed by atoms with E-state index >= 15 is 0 Å². The summed E-state index contributed by atoms with van der Waals surface area (Å²) >= 11 is 1.72. The minimum atomic E-state index is -3.67. The maximum Gasteiger partial charge on any atom is 0.274 e. The van der Waals surface area contributed by atoms with Gasteiger partial charge in [0.15, 0.2) is 5.82 Å². The summed E-state index contributed by atoms with van der Waals surface area (Å²) in [5.41, 5.74) is 0. The van der Waals surface area contributed by atoms with E-state index in [0.717, 1.165) is 35.8 Å². The summed E-state index contributed by atoms with van der Waals surface area (Å²) in [6, 6.07) is 3.98. The van der Waals surface area contributed by atoms with Crippen LogP contribution in [0.25, 0.3) is 0 Å². The molecule has 1 aromatic heterocycles. The van der Waals surface area contributed by atoms with E-state index in [1.54, 1.807) is 18.8 Å². The quantitative estimate of drug-likeness (QED) is 0.221. The van der Waals surface area contributed by atoms with E-state index in [-0.39, 0.29) is 0 Å². The van der Waals surface area contributed by atoms with E-state index in [2.05, 4.69) is 15.5 Å². The Morgan fingerprint density at radius 2 is 2.00 bits per heavy atom. The van der Waals surface area contributed by atoms with Gasteiger partial charge in [-0.15, -0.1) is 0 Å². The van der Waals surface area contributed by atoms with Crippen LogP contribution in [0.4, 0.5) is 0 Å². The van der Waals surface area contributed by atoms with Gasteiger partial charge in [-0.1, -0.05) is 0 Å². The van der Waals surface area contributed by atoms with Crippen LogP contribution in [-0.2, 0) is 22.4 Å². The molecule has 0 saturated carbocycles. The van der Waals surface area contributed by atoms with Gasteiger partial charge in [0.05, 0.1) is 23.5 Å². The minimum Gasteiger partial charge on any atom is -0.464 e. The molecule has 0 aromatic carbocycles. The summed E-state index contributed by atoms with van der Waals surface area (Å²) in [7, 11) is 1.98. The summed E-state index contributed by atoms with van der Waals surface area (Å²) in [4.78, 5) is 11.9. The second kappa shape index (κ2) is 12.6. The van der Waals surface area contributed by atoms with Crippen LogP contribution in [0.1, 0.15) is 11.5 Å². The van der Waals surface area contributed by atoms with Gasteiger partial charge in [-0.3, -0.25) is 14.7 Å². The average molecular weight is 411 g/mol. The highest BCUT2D eigenvalue weighted by Crippen LogP contribution is 2.15. The van der Waals surface area contributed by atoms with E-state index in [0.29, 0.717) is 18.6 Å². The van der Waals surface area contributed by atoms with Crippen LogP contribution in [0.2, 0.25) is 0 Å². The van der Waals surface area contributed by atoms with Gasteiger partial charge in [0.2, 0.25) is 0 Å². The van der Waals surface area contributed by atoms with Crippen LogP contribution < -0.4 is 10.6 Å². The predicted molar refractivity (Wildman–Crippen MR) is 102 cm³/mol. The maximum absolute atomic E-state index is 10.3. The lowest BCUT2D eigenvalue weighted by Crippen LogP contribution is -2.26. The fourth-order valence-electron chi connectivity index (χ4n) is 1.63. The minimum absolute atomic E-state index is 0.409. The van der Waals surface area contributed by atoms with Crippen molar-refractivity contribution in [2.45, 2.75) is 12.3 Å². The third kappa shape index (κ3) is 15.7. The van der Waals surface area contributed by atoms with Gasteiger partial charge in [-0.2, -0.15) is 20.2 Å². The SMILES string of the molecule is CN/C(=C/[N+](=O)[O-])NCCSCc1ccc(CN(C)C)o1.CS(=O)(=O)O. The van der Waals surface area contributed by atoms with E-state index in [9.17, 15) is 18.5 Å². The molecule has 1 aromatic rings. The van der Waals surface area contributed by atoms with E-state index in [1.165, 1.54) is 0 Å². The van der Waals surface area contributed by atoms with Crippen molar-refractivity contribution in [2.24, 2.45) is 0 Å². The highest BCUT2D eigenvalue weighted by molar-refractivity contribution is 7.98. The van der Waals surface area contributed by atoms with Crippen LogP contribution in [-0.4, -0.2) is 62.5 Å². The van der Waals surface area contributed by atoms with Gasteiger partial charge >= 0.3 is 0 Å². The lowest BCUT2D eigenvalue weighted by atomic mass is 10.4. The van der Waals surface area contributed by atoms with Crippen molar-refractivity contribution >= 4 is 21.9 Å². The molecule has 0 atom stereocenters. The molecular formula is C14H26N4O6S2. The number of furan rings is 1. The molecule has 3 N–H and O–H groups in total. The lowest BCUT2D eigenvalue weighted by molar-refractivity contribution is -0.404. The summed E-state index contributed by atoms with van der Waals surface area (Å²) in [5.74, 6) is 3.95. The molecule has 150 valence electrons. The predicted octanol–water partition coefficient (Wildman–Crippen LogP) is 0.963. The Bertz CT molecular complexity index is 665. The standard InChI is InChI=1S/C13H22N4O3S.CH4O3S/c1-14-13(9-17(18)19)15-6-7-21-10-12-5-4-11(20-12)8-16(2)3;1-5(2,3)4/h4-5,9,14-15H,6-8,10H2,1-3H3;1H3,(H,2,3,4)/b13-9-;. The topological polar surface area (TPSA) is 138 Å². The highest BCUT2D eigenvalue weighted by Gasteiger charge is 2.04. The molecule has 0 fully saturated rings. The average Bonchev–Trinajstić information content (AvgIpc) is 2.90. The molecule has 12 heteroatoms. The van der Waals surface area contributed by atoms with Crippen molar-refractivity contribution < 1.29 is 22.3 Å². The molecule has 0 unspecified atom stereocenters. The third-order valence-corrected chi connectivity index (χ3v) is 3.48. The molecule has 0 aliphatic heterocycles. The van der Waals surface area contributed by atoms with Gasteiger partial charge in [-0.05, 0) is 26.2 Å². The van der Waals surface area contributed by atoms with Gasteiger partial charge < -0.3 is 20.0 Å². The van der Waals surface area contributed by atoms with Crippen molar-refractivity contribution in [2.75, 3.05) is 39.7 Å². The highest BCUT2D eigenvalue weighted by atomic mass is 32.2. The van der Waals surface area contributed by atoms with E-state index < -0.39 is 15.0 Å². The zero-order chi connectivity index (χ0) is 20.2. The third-order valence-electron chi connectivity index (χ3n) is 2.50. The second-order valence-corrected chi connectivity index (χ2v) is 7.97. The van der Waals surface area contributed by atoms with Gasteiger partial charge in [0, 0.05) is 19.3 Å². The van der Waals surface area contributed by atoms with Crippen molar-refractivity contribution in [1.29, 1.82) is 0 Å². The molecule has 0 saturated heterocycles. The van der Waals surface area contributed by atoms with Crippen LogP contribution in [0.15, 0.2) is 28.6 Å². The molecule has 1 rings (SSSR count). The van der Waals surface area contributed by atoms with Crippen LogP contribution in [0.5, 0.6) is 0 Å². The smallest absolute Gasteiger partial charge is 0.274 e. The Hall–Kier alpha value is -1.76. The Morgan fingerprint density at radius 1 is 1.42 bits per heavy atom. The molecule has 0 aliphatic carbocycles. The summed E-state index contributed by atoms with van der Waals surface area (Å²) in [6.07, 6.45) is 1.64. The summed E-state index contributed by atoms with van der Waals surface area (Å²) < 4.78 is 31.6. The van der Waals surface area contributed by atoms with Gasteiger partial charge in [-0.25, -0.2) is 0 Å². The van der Waals surface area contributed by atoms with Crippen LogP contribution >= 0.6 is 11.8 Å². The zero-order valence-corrected chi connectivity index (χ0v) is 16.9. The molecule has 0 amide bonds. The Labute approximate surface area is 157 Å². The van der Waals surface area contributed by atoms with Crippen LogP contribution in [0, 0.1) is 10.1 Å². The van der Waals surface area contributed by atoms with Gasteiger partial charge in [0.1, 0.15) is 11.5 Å². The summed E-state index contributed by atoms with van der Waals surface area (Å²) in [6.45, 7) is 1.44. The first-order valence-corrected chi connectivity index (χ1v) is 10.5. The number of thioether (sulfide) groups is 1. The number of nitrogens with zero attached hydrogens (tertiary/aromatic N) is 2. The van der Waals surface area contributed by atoms with Crippen molar-refractivity contribution in [3.05, 3.63) is 45.8 Å². The first kappa shape index (κ1) is 24.2. The van der Waals surface area contributed by atoms with E-state index in [4.69, 9.17) is 8.97 Å². The number of nitro groups is 1. The lowest BCUT2D eigenvalue weighted by Gasteiger charge is -2.07. The molecule has 0 radical (unpaired) electrons. The molecule has 0 aliphatic rings. The molecule has 1 heterocycles. The zero-order valence-electron chi connectivity index (χ0n) is 15.3. The maximum atomic E-state index is 10.3. The Kier molecular flexibility index (Phi) is 11.7. The van der Waals surface area contributed by atoms with Crippen molar-refractivity contribution in [3.8, 4) is 0 Å². The molecule has 0 bridgehead atoms. The Balaban J connectivity index is 0.00000110. The fraction of sp³-hybridized carbons (Fsp3) is 0.571. The normalized spacial score (nSPS) is 11.7. The molecule has 0 spiro atoms. The molecule has 10 nitrogen and oxygen atoms in total. The monoisotopic (exact) mass is 410 g/mol. The number of hydrogen-bond donors (Lipinski definition) is 3. The first-order chi connectivity index (χ1) is 12.0. The number of nitrogens with one attached hydrogen (secondary N) is 2. The summed E-state index contributed by atoms with van der Waals surface area (Å²) in [5, 5.41) is 16.1. The first-order valence-electron chi connectivity index (χ1n) is 7.50. The molecular weight excluding hydrogens is 384 g/mol. The molecule has 26 heavy (non-hydrogen) atoms. The Morgan fingerprint density at radius 3 is 2.50 bits per heavy atom. The van der Waals surface area contributed by atoms with Gasteiger partial charge in [0.25, 0.3) is 16.3 Å². The fourth-order valence-corrected chi connectivity index (χ4v) is 2.38. The van der Waals surface area contributed by atoms with Crippen LogP contribution in [0.3, 0.4) is 0 Å². The second-order valence-electron chi connectivity index (χ2n) is 5.40. The largest absolute Gasteiger partial charge is 0.464 e. The number of hydrogen-bond acceptors (Lipinski definition) is 9. The van der Waals surface area contributed by atoms with Crippen molar-refractivity contribution in [3.63, 3.8) is 0 Å². The number of rotatable bonds is 10. The van der Waals surface area contributed by atoms with Crippen molar-refractivity contribution in [1.82, 2.24) is 15.5 Å². The van der Waals surface area contributed by atoms with E-state index in [1.807, 2.05) is 26.2 Å².